The van der Waals surface area contributed by atoms with Gasteiger partial charge >= 0.3 is 17.9 Å². The van der Waals surface area contributed by atoms with E-state index in [1.807, 2.05) is 0 Å². The molecule has 5 nitrogen and oxygen atoms in total. The molecule has 0 heterocycles. The summed E-state index contributed by atoms with van der Waals surface area (Å²) >= 11 is 0. The first-order chi connectivity index (χ1) is 7.19. The zero-order valence-corrected chi connectivity index (χ0v) is 8.72. The van der Waals surface area contributed by atoms with E-state index < -0.39 is 23.8 Å². The van der Waals surface area contributed by atoms with Gasteiger partial charge in [-0.3, -0.25) is 4.79 Å². The van der Waals surface area contributed by atoms with Gasteiger partial charge in [-0.15, -0.1) is 0 Å². The van der Waals surface area contributed by atoms with Crippen molar-refractivity contribution in [3.63, 3.8) is 0 Å². The van der Waals surface area contributed by atoms with Crippen molar-refractivity contribution in [1.82, 2.24) is 5.32 Å². The topological polar surface area (TPSA) is 75.6 Å². The molecule has 0 fully saturated rings. The van der Waals surface area contributed by atoms with E-state index in [9.17, 15) is 22.8 Å². The minimum atomic E-state index is -5.34. The smallest absolute Gasteiger partial charge is 0.448 e. The van der Waals surface area contributed by atoms with Crippen LogP contribution >= 0.6 is 0 Å². The quantitative estimate of drug-likeness (QED) is 0.551. The molecule has 0 aromatic heterocycles. The summed E-state index contributed by atoms with van der Waals surface area (Å²) in [6.45, 7) is 1.56. The second kappa shape index (κ2) is 5.15. The first-order valence-corrected chi connectivity index (χ1v) is 4.37. The molecule has 0 saturated carbocycles. The van der Waals surface area contributed by atoms with Crippen LogP contribution < -0.4 is 5.32 Å². The van der Waals surface area contributed by atoms with Gasteiger partial charge < -0.3 is 15.2 Å². The Morgan fingerprint density at radius 2 is 1.88 bits per heavy atom. The molecule has 1 atom stereocenters. The van der Waals surface area contributed by atoms with E-state index in [1.165, 1.54) is 5.32 Å². The standard InChI is InChI=1S/C8H12F3NO4/c1-3-4-5(13)12-7(15,6(14)16-2)8(9,10)11/h15H,3-4H2,1-2H3,(H,12,13). The summed E-state index contributed by atoms with van der Waals surface area (Å²) in [4.78, 5) is 21.8. The zero-order valence-electron chi connectivity index (χ0n) is 8.72. The van der Waals surface area contributed by atoms with Gasteiger partial charge in [0.1, 0.15) is 0 Å². The fourth-order valence-corrected chi connectivity index (χ4v) is 0.877. The molecule has 1 amide bonds. The van der Waals surface area contributed by atoms with E-state index in [1.54, 1.807) is 6.92 Å². The Morgan fingerprint density at radius 3 is 2.19 bits per heavy atom. The number of hydrogen-bond donors (Lipinski definition) is 2. The number of ether oxygens (including phenoxy) is 1. The third kappa shape index (κ3) is 3.09. The van der Waals surface area contributed by atoms with Crippen molar-refractivity contribution in [3.8, 4) is 0 Å². The average molecular weight is 243 g/mol. The lowest BCUT2D eigenvalue weighted by atomic mass is 10.2. The maximum Gasteiger partial charge on any atom is 0.448 e. The van der Waals surface area contributed by atoms with E-state index in [4.69, 9.17) is 5.11 Å². The van der Waals surface area contributed by atoms with Crippen molar-refractivity contribution in [2.75, 3.05) is 7.11 Å². The Balaban J connectivity index is 4.96. The number of esters is 1. The Kier molecular flexibility index (Phi) is 4.73. The molecule has 0 rings (SSSR count). The number of nitrogens with one attached hydrogen (secondary N) is 1. The Labute approximate surface area is 89.6 Å². The largest absolute Gasteiger partial charge is 0.465 e. The maximum absolute atomic E-state index is 12.4. The summed E-state index contributed by atoms with van der Waals surface area (Å²) in [6.07, 6.45) is -5.31. The molecule has 0 aliphatic heterocycles. The molecule has 0 saturated heterocycles. The van der Waals surface area contributed by atoms with E-state index in [0.717, 1.165) is 0 Å². The summed E-state index contributed by atoms with van der Waals surface area (Å²) in [5.74, 6) is -3.07. The van der Waals surface area contributed by atoms with Gasteiger partial charge in [0.15, 0.2) is 0 Å². The molecule has 8 heteroatoms. The minimum absolute atomic E-state index is 0.241. The number of amides is 1. The molecular weight excluding hydrogens is 231 g/mol. The van der Waals surface area contributed by atoms with Crippen LogP contribution in [0.3, 0.4) is 0 Å². The van der Waals surface area contributed by atoms with Crippen molar-refractivity contribution in [2.45, 2.75) is 31.7 Å². The summed E-state index contributed by atoms with van der Waals surface area (Å²) in [7, 11) is 0.672. The molecule has 0 aliphatic carbocycles. The third-order valence-corrected chi connectivity index (χ3v) is 1.69. The number of alkyl halides is 3. The highest BCUT2D eigenvalue weighted by Gasteiger charge is 2.62. The highest BCUT2D eigenvalue weighted by atomic mass is 19.4. The Morgan fingerprint density at radius 1 is 1.38 bits per heavy atom. The maximum atomic E-state index is 12.4. The second-order valence-corrected chi connectivity index (χ2v) is 3.00. The van der Waals surface area contributed by atoms with Crippen LogP contribution in [0, 0.1) is 0 Å². The lowest BCUT2D eigenvalue weighted by Crippen LogP contribution is -2.64. The number of carbonyl (C=O) groups is 2. The van der Waals surface area contributed by atoms with Crippen LogP contribution in [0.4, 0.5) is 13.2 Å². The van der Waals surface area contributed by atoms with E-state index in [2.05, 4.69) is 4.74 Å². The molecule has 0 bridgehead atoms. The number of carbonyl (C=O) groups excluding carboxylic acids is 2. The van der Waals surface area contributed by atoms with Crippen LogP contribution in [-0.4, -0.2) is 36.0 Å². The predicted molar refractivity (Wildman–Crippen MR) is 46.1 cm³/mol. The molecule has 0 aliphatic rings. The fraction of sp³-hybridized carbons (Fsp3) is 0.750. The number of rotatable bonds is 4. The van der Waals surface area contributed by atoms with Gasteiger partial charge in [0.05, 0.1) is 7.11 Å². The van der Waals surface area contributed by atoms with Crippen LogP contribution in [-0.2, 0) is 14.3 Å². The highest BCUT2D eigenvalue weighted by Crippen LogP contribution is 2.29. The molecule has 2 N–H and O–H groups in total. The van der Waals surface area contributed by atoms with Gasteiger partial charge in [-0.2, -0.15) is 13.2 Å². The second-order valence-electron chi connectivity index (χ2n) is 3.00. The van der Waals surface area contributed by atoms with E-state index in [0.29, 0.717) is 7.11 Å². The lowest BCUT2D eigenvalue weighted by Gasteiger charge is -2.28. The molecular formula is C8H12F3NO4. The van der Waals surface area contributed by atoms with Gasteiger partial charge in [0.2, 0.25) is 5.91 Å². The molecule has 16 heavy (non-hydrogen) atoms. The van der Waals surface area contributed by atoms with Gasteiger partial charge in [-0.05, 0) is 6.42 Å². The molecule has 0 spiro atoms. The van der Waals surface area contributed by atoms with E-state index in [-0.39, 0.29) is 12.8 Å². The highest BCUT2D eigenvalue weighted by molar-refractivity contribution is 5.87. The molecule has 0 aromatic carbocycles. The van der Waals surface area contributed by atoms with Gasteiger partial charge in [-0.25, -0.2) is 4.79 Å². The first-order valence-electron chi connectivity index (χ1n) is 4.37. The summed E-state index contributed by atoms with van der Waals surface area (Å²) in [5.41, 5.74) is -3.99. The minimum Gasteiger partial charge on any atom is -0.465 e. The van der Waals surface area contributed by atoms with Crippen LogP contribution in [0.15, 0.2) is 0 Å². The van der Waals surface area contributed by atoms with Gasteiger partial charge in [-0.1, -0.05) is 6.92 Å². The summed E-state index contributed by atoms with van der Waals surface area (Å²) < 4.78 is 40.9. The lowest BCUT2D eigenvalue weighted by molar-refractivity contribution is -0.270. The zero-order chi connectivity index (χ0) is 13.0. The monoisotopic (exact) mass is 243 g/mol. The van der Waals surface area contributed by atoms with Gasteiger partial charge in [0.25, 0.3) is 0 Å². The van der Waals surface area contributed by atoms with Crippen LogP contribution in [0.5, 0.6) is 0 Å². The van der Waals surface area contributed by atoms with Crippen LogP contribution in [0.1, 0.15) is 19.8 Å². The number of hydrogen-bond acceptors (Lipinski definition) is 4. The van der Waals surface area contributed by atoms with Crippen molar-refractivity contribution < 1.29 is 32.6 Å². The first kappa shape index (κ1) is 14.7. The SMILES string of the molecule is CCCC(=O)NC(O)(C(=O)OC)C(F)(F)F. The molecule has 1 unspecified atom stereocenters. The molecule has 94 valence electrons. The number of halogens is 3. The Bertz CT molecular complexity index is 279. The number of aliphatic hydroxyl groups is 1. The van der Waals surface area contributed by atoms with Gasteiger partial charge in [0, 0.05) is 6.42 Å². The average Bonchev–Trinajstić information content (AvgIpc) is 2.14. The summed E-state index contributed by atoms with van der Waals surface area (Å²) in [5, 5.41) is 10.3. The fourth-order valence-electron chi connectivity index (χ4n) is 0.877. The molecule has 0 aromatic rings. The number of methoxy groups -OCH3 is 1. The van der Waals surface area contributed by atoms with Crippen LogP contribution in [0.25, 0.3) is 0 Å². The van der Waals surface area contributed by atoms with Crippen molar-refractivity contribution in [2.24, 2.45) is 0 Å². The molecule has 0 radical (unpaired) electrons. The normalized spacial score (nSPS) is 15.1. The predicted octanol–water partition coefficient (Wildman–Crippen LogP) is 0.327. The van der Waals surface area contributed by atoms with E-state index >= 15 is 0 Å². The van der Waals surface area contributed by atoms with Crippen molar-refractivity contribution >= 4 is 11.9 Å². The van der Waals surface area contributed by atoms with Crippen molar-refractivity contribution in [3.05, 3.63) is 0 Å². The Hall–Kier alpha value is -1.31. The summed E-state index contributed by atoms with van der Waals surface area (Å²) in [6, 6.07) is 0. The van der Waals surface area contributed by atoms with Crippen LogP contribution in [0.2, 0.25) is 0 Å². The van der Waals surface area contributed by atoms with Crippen molar-refractivity contribution in [1.29, 1.82) is 0 Å². The third-order valence-electron chi connectivity index (χ3n) is 1.69.